The standard InChI is InChI=1S/C13H24N2/c1-2-5-13(4-1)6-9-15(10-7-13)12-3-8-14-11-12/h12,14H,1-11H2. The fraction of sp³-hybridized carbons (Fsp3) is 1.00. The van der Waals surface area contributed by atoms with Gasteiger partial charge in [-0.2, -0.15) is 0 Å². The van der Waals surface area contributed by atoms with Crippen molar-refractivity contribution in [1.82, 2.24) is 10.2 Å². The molecule has 1 aliphatic carbocycles. The van der Waals surface area contributed by atoms with Crippen LogP contribution in [0.5, 0.6) is 0 Å². The van der Waals surface area contributed by atoms with E-state index < -0.39 is 0 Å². The Morgan fingerprint density at radius 2 is 1.73 bits per heavy atom. The summed E-state index contributed by atoms with van der Waals surface area (Å²) in [5.41, 5.74) is 0.794. The Labute approximate surface area is 93.4 Å². The highest BCUT2D eigenvalue weighted by Crippen LogP contribution is 2.46. The van der Waals surface area contributed by atoms with Gasteiger partial charge in [0.25, 0.3) is 0 Å². The molecule has 1 N–H and O–H groups in total. The van der Waals surface area contributed by atoms with Crippen LogP contribution in [0.2, 0.25) is 0 Å². The fourth-order valence-corrected chi connectivity index (χ4v) is 3.94. The van der Waals surface area contributed by atoms with Crippen molar-refractivity contribution in [1.29, 1.82) is 0 Å². The molecule has 86 valence electrons. The van der Waals surface area contributed by atoms with Crippen molar-refractivity contribution in [3.63, 3.8) is 0 Å². The molecule has 2 saturated heterocycles. The Kier molecular flexibility index (Phi) is 2.73. The first-order valence-corrected chi connectivity index (χ1v) is 6.83. The van der Waals surface area contributed by atoms with Crippen molar-refractivity contribution < 1.29 is 0 Å². The van der Waals surface area contributed by atoms with Crippen LogP contribution in [0.15, 0.2) is 0 Å². The number of likely N-dealkylation sites (tertiary alicyclic amines) is 1. The van der Waals surface area contributed by atoms with Gasteiger partial charge in [-0.25, -0.2) is 0 Å². The van der Waals surface area contributed by atoms with E-state index >= 15 is 0 Å². The van der Waals surface area contributed by atoms with Gasteiger partial charge in [0.05, 0.1) is 0 Å². The van der Waals surface area contributed by atoms with Crippen molar-refractivity contribution in [2.75, 3.05) is 26.2 Å². The van der Waals surface area contributed by atoms with Crippen LogP contribution in [0.25, 0.3) is 0 Å². The quantitative estimate of drug-likeness (QED) is 0.709. The molecule has 3 fully saturated rings. The van der Waals surface area contributed by atoms with Gasteiger partial charge in [-0.3, -0.25) is 4.90 Å². The van der Waals surface area contributed by atoms with Gasteiger partial charge in [-0.1, -0.05) is 12.8 Å². The van der Waals surface area contributed by atoms with Crippen LogP contribution in [0, 0.1) is 5.41 Å². The predicted octanol–water partition coefficient (Wildman–Crippen LogP) is 2.00. The van der Waals surface area contributed by atoms with Gasteiger partial charge >= 0.3 is 0 Å². The molecule has 3 rings (SSSR count). The predicted molar refractivity (Wildman–Crippen MR) is 63.0 cm³/mol. The Balaban J connectivity index is 1.55. The third-order valence-corrected chi connectivity index (χ3v) is 5.07. The van der Waals surface area contributed by atoms with Crippen LogP contribution in [-0.2, 0) is 0 Å². The molecule has 0 aromatic heterocycles. The van der Waals surface area contributed by atoms with Gasteiger partial charge < -0.3 is 5.32 Å². The third-order valence-electron chi connectivity index (χ3n) is 5.07. The molecule has 1 atom stereocenters. The number of rotatable bonds is 1. The van der Waals surface area contributed by atoms with E-state index in [1.807, 2.05) is 0 Å². The molecule has 15 heavy (non-hydrogen) atoms. The molecule has 0 bridgehead atoms. The summed E-state index contributed by atoms with van der Waals surface area (Å²) >= 11 is 0. The normalized spacial score (nSPS) is 36.4. The van der Waals surface area contributed by atoms with Crippen LogP contribution in [0.4, 0.5) is 0 Å². The van der Waals surface area contributed by atoms with Crippen LogP contribution >= 0.6 is 0 Å². The summed E-state index contributed by atoms with van der Waals surface area (Å²) in [4.78, 5) is 2.75. The van der Waals surface area contributed by atoms with Crippen molar-refractivity contribution in [2.45, 2.75) is 51.0 Å². The number of piperidine rings is 1. The van der Waals surface area contributed by atoms with Gasteiger partial charge in [0, 0.05) is 12.6 Å². The van der Waals surface area contributed by atoms with Gasteiger partial charge in [-0.15, -0.1) is 0 Å². The van der Waals surface area contributed by atoms with Crippen molar-refractivity contribution in [2.24, 2.45) is 5.41 Å². The van der Waals surface area contributed by atoms with Crippen LogP contribution in [-0.4, -0.2) is 37.1 Å². The van der Waals surface area contributed by atoms with E-state index in [1.165, 1.54) is 71.1 Å². The highest BCUT2D eigenvalue weighted by Gasteiger charge is 2.38. The van der Waals surface area contributed by atoms with Gasteiger partial charge in [0.2, 0.25) is 0 Å². The molecule has 2 heteroatoms. The lowest BCUT2D eigenvalue weighted by atomic mass is 9.77. The second-order valence-corrected chi connectivity index (χ2v) is 5.89. The Hall–Kier alpha value is -0.0800. The van der Waals surface area contributed by atoms with Crippen LogP contribution in [0.3, 0.4) is 0 Å². The van der Waals surface area contributed by atoms with E-state index in [9.17, 15) is 0 Å². The van der Waals surface area contributed by atoms with E-state index in [-0.39, 0.29) is 0 Å². The highest BCUT2D eigenvalue weighted by molar-refractivity contribution is 4.92. The minimum absolute atomic E-state index is 0.794. The lowest BCUT2D eigenvalue weighted by Gasteiger charge is -2.41. The maximum Gasteiger partial charge on any atom is 0.0232 e. The molecule has 0 amide bonds. The summed E-state index contributed by atoms with van der Waals surface area (Å²) in [7, 11) is 0. The third kappa shape index (κ3) is 1.94. The molecule has 2 nitrogen and oxygen atoms in total. The minimum atomic E-state index is 0.794. The van der Waals surface area contributed by atoms with E-state index in [4.69, 9.17) is 0 Å². The number of nitrogens with one attached hydrogen (secondary N) is 1. The summed E-state index contributed by atoms with van der Waals surface area (Å²) in [6.07, 6.45) is 10.4. The zero-order chi connectivity index (χ0) is 10.1. The molecule has 0 aromatic carbocycles. The zero-order valence-corrected chi connectivity index (χ0v) is 9.80. The van der Waals surface area contributed by atoms with Gasteiger partial charge in [0.15, 0.2) is 0 Å². The zero-order valence-electron chi connectivity index (χ0n) is 9.80. The van der Waals surface area contributed by atoms with E-state index in [0.717, 1.165) is 11.5 Å². The molecule has 3 aliphatic rings. The molecular weight excluding hydrogens is 184 g/mol. The summed E-state index contributed by atoms with van der Waals surface area (Å²) in [6.45, 7) is 5.25. The Morgan fingerprint density at radius 1 is 1.00 bits per heavy atom. The number of hydrogen-bond donors (Lipinski definition) is 1. The SMILES string of the molecule is C1CCC2(C1)CCN(C1CCNC1)CC2. The number of hydrogen-bond acceptors (Lipinski definition) is 2. The first kappa shape index (κ1) is 10.1. The maximum atomic E-state index is 3.49. The minimum Gasteiger partial charge on any atom is -0.315 e. The summed E-state index contributed by atoms with van der Waals surface area (Å²) in [5, 5.41) is 3.49. The molecule has 1 unspecified atom stereocenters. The second kappa shape index (κ2) is 4.06. The fourth-order valence-electron chi connectivity index (χ4n) is 3.94. The highest BCUT2D eigenvalue weighted by atomic mass is 15.2. The summed E-state index contributed by atoms with van der Waals surface area (Å²) in [5.74, 6) is 0. The average molecular weight is 208 g/mol. The van der Waals surface area contributed by atoms with Crippen molar-refractivity contribution >= 4 is 0 Å². The first-order chi connectivity index (χ1) is 7.38. The smallest absolute Gasteiger partial charge is 0.0232 e. The summed E-state index contributed by atoms with van der Waals surface area (Å²) in [6, 6.07) is 0.865. The molecule has 1 saturated carbocycles. The monoisotopic (exact) mass is 208 g/mol. The molecule has 2 heterocycles. The largest absolute Gasteiger partial charge is 0.315 e. The van der Waals surface area contributed by atoms with Gasteiger partial charge in [0.1, 0.15) is 0 Å². The lowest BCUT2D eigenvalue weighted by Crippen LogP contribution is -2.45. The maximum absolute atomic E-state index is 3.49. The molecular formula is C13H24N2. The van der Waals surface area contributed by atoms with Crippen LogP contribution in [0.1, 0.15) is 44.9 Å². The van der Waals surface area contributed by atoms with Crippen LogP contribution < -0.4 is 5.32 Å². The van der Waals surface area contributed by atoms with Gasteiger partial charge in [-0.05, 0) is 57.2 Å². The molecule has 0 aromatic rings. The van der Waals surface area contributed by atoms with E-state index in [2.05, 4.69) is 10.2 Å². The second-order valence-electron chi connectivity index (χ2n) is 5.89. The van der Waals surface area contributed by atoms with Crippen molar-refractivity contribution in [3.8, 4) is 0 Å². The Morgan fingerprint density at radius 3 is 2.33 bits per heavy atom. The topological polar surface area (TPSA) is 15.3 Å². The van der Waals surface area contributed by atoms with E-state index in [1.54, 1.807) is 0 Å². The lowest BCUT2D eigenvalue weighted by molar-refractivity contribution is 0.0818. The van der Waals surface area contributed by atoms with E-state index in [0.29, 0.717) is 0 Å². The molecule has 0 radical (unpaired) electrons. The van der Waals surface area contributed by atoms with Crippen molar-refractivity contribution in [3.05, 3.63) is 0 Å². The average Bonchev–Trinajstić information content (AvgIpc) is 2.91. The first-order valence-electron chi connectivity index (χ1n) is 6.83. The molecule has 1 spiro atoms. The summed E-state index contributed by atoms with van der Waals surface area (Å²) < 4.78 is 0. The molecule has 2 aliphatic heterocycles. The Bertz CT molecular complexity index is 205. The number of nitrogens with zero attached hydrogens (tertiary/aromatic N) is 1.